The first kappa shape index (κ1) is 14.2. The van der Waals surface area contributed by atoms with Crippen molar-refractivity contribution in [1.82, 2.24) is 0 Å². The zero-order valence-electron chi connectivity index (χ0n) is 12.4. The molecule has 6 nitrogen and oxygen atoms in total. The molecule has 5 atom stereocenters. The molecule has 4 rings (SSSR count). The number of esters is 2. The fourth-order valence-corrected chi connectivity index (χ4v) is 4.28. The lowest BCUT2D eigenvalue weighted by Gasteiger charge is -2.22. The van der Waals surface area contributed by atoms with Crippen LogP contribution in [0.4, 0.5) is 5.69 Å². The molecule has 0 unspecified atom stereocenters. The van der Waals surface area contributed by atoms with E-state index in [4.69, 9.17) is 9.47 Å². The molecular weight excluding hydrogens is 298 g/mol. The summed E-state index contributed by atoms with van der Waals surface area (Å²) >= 11 is 0. The van der Waals surface area contributed by atoms with Gasteiger partial charge in [0.2, 0.25) is 0 Å². The third-order valence-electron chi connectivity index (χ3n) is 5.16. The summed E-state index contributed by atoms with van der Waals surface area (Å²) in [6.45, 7) is -0.340. The number of para-hydroxylation sites is 1. The number of hydrogen-bond donors (Lipinski definition) is 1. The lowest BCUT2D eigenvalue weighted by Crippen LogP contribution is -2.34. The van der Waals surface area contributed by atoms with Gasteiger partial charge >= 0.3 is 11.9 Å². The summed E-state index contributed by atoms with van der Waals surface area (Å²) in [5.74, 6) is -1.65. The van der Waals surface area contributed by atoms with Crippen LogP contribution in [-0.2, 0) is 23.9 Å². The molecule has 1 aromatic rings. The first-order chi connectivity index (χ1) is 11.1. The molecule has 3 aliphatic rings. The SMILES string of the molecule is O=C(COC(=O)[C@@H]1[C@@H]2C[C@H]3[C@@H]1C(=O)O[C@@H]3C2)Nc1ccccc1. The van der Waals surface area contributed by atoms with Crippen LogP contribution in [0.1, 0.15) is 12.8 Å². The van der Waals surface area contributed by atoms with E-state index in [2.05, 4.69) is 5.32 Å². The number of rotatable bonds is 4. The van der Waals surface area contributed by atoms with Crippen molar-refractivity contribution < 1.29 is 23.9 Å². The third-order valence-corrected chi connectivity index (χ3v) is 5.16. The molecule has 0 spiro atoms. The number of carbonyl (C=O) groups excluding carboxylic acids is 3. The molecule has 2 aliphatic carbocycles. The lowest BCUT2D eigenvalue weighted by atomic mass is 9.80. The van der Waals surface area contributed by atoms with Crippen LogP contribution >= 0.6 is 0 Å². The van der Waals surface area contributed by atoms with Crippen molar-refractivity contribution >= 4 is 23.5 Å². The largest absolute Gasteiger partial charge is 0.462 e. The number of amides is 1. The number of ether oxygens (including phenoxy) is 2. The molecular formula is C17H17NO5. The number of hydrogen-bond acceptors (Lipinski definition) is 5. The summed E-state index contributed by atoms with van der Waals surface area (Å²) in [7, 11) is 0. The first-order valence-electron chi connectivity index (χ1n) is 7.85. The van der Waals surface area contributed by atoms with Gasteiger partial charge in [-0.15, -0.1) is 0 Å². The second-order valence-electron chi connectivity index (χ2n) is 6.44. The van der Waals surface area contributed by atoms with Gasteiger partial charge in [0, 0.05) is 11.6 Å². The second-order valence-corrected chi connectivity index (χ2v) is 6.44. The van der Waals surface area contributed by atoms with E-state index in [0.717, 1.165) is 12.8 Å². The van der Waals surface area contributed by atoms with Crippen LogP contribution in [-0.4, -0.2) is 30.6 Å². The molecule has 1 aliphatic heterocycles. The highest BCUT2D eigenvalue weighted by atomic mass is 16.6. The van der Waals surface area contributed by atoms with Gasteiger partial charge < -0.3 is 14.8 Å². The summed E-state index contributed by atoms with van der Waals surface area (Å²) in [6, 6.07) is 8.96. The predicted octanol–water partition coefficient (Wildman–Crippen LogP) is 1.37. The Hall–Kier alpha value is -2.37. The molecule has 2 bridgehead atoms. The maximum Gasteiger partial charge on any atom is 0.310 e. The van der Waals surface area contributed by atoms with Gasteiger partial charge in [-0.25, -0.2) is 0 Å². The monoisotopic (exact) mass is 315 g/mol. The Kier molecular flexibility index (Phi) is 3.32. The highest BCUT2D eigenvalue weighted by Crippen LogP contribution is 2.57. The molecule has 2 saturated carbocycles. The number of anilines is 1. The van der Waals surface area contributed by atoms with Gasteiger partial charge in [-0.3, -0.25) is 14.4 Å². The van der Waals surface area contributed by atoms with E-state index in [1.165, 1.54) is 0 Å². The maximum absolute atomic E-state index is 12.3. The van der Waals surface area contributed by atoms with Crippen LogP contribution in [0.5, 0.6) is 0 Å². The maximum atomic E-state index is 12.3. The third kappa shape index (κ3) is 2.38. The highest BCUT2D eigenvalue weighted by molar-refractivity contribution is 5.93. The lowest BCUT2D eigenvalue weighted by molar-refractivity contribution is -0.157. The van der Waals surface area contributed by atoms with Crippen molar-refractivity contribution in [1.29, 1.82) is 0 Å². The van der Waals surface area contributed by atoms with E-state index in [1.54, 1.807) is 24.3 Å². The normalized spacial score (nSPS) is 33.4. The van der Waals surface area contributed by atoms with E-state index in [-0.39, 0.29) is 42.3 Å². The Morgan fingerprint density at radius 1 is 1.22 bits per heavy atom. The van der Waals surface area contributed by atoms with Gasteiger partial charge in [-0.1, -0.05) is 18.2 Å². The van der Waals surface area contributed by atoms with E-state index in [0.29, 0.717) is 5.69 Å². The summed E-state index contributed by atoms with van der Waals surface area (Å²) in [6.07, 6.45) is 1.57. The Morgan fingerprint density at radius 2 is 2.00 bits per heavy atom. The predicted molar refractivity (Wildman–Crippen MR) is 79.1 cm³/mol. The molecule has 1 saturated heterocycles. The number of nitrogens with one attached hydrogen (secondary N) is 1. The minimum absolute atomic E-state index is 0.0112. The van der Waals surface area contributed by atoms with Crippen molar-refractivity contribution in [3.63, 3.8) is 0 Å². The zero-order valence-corrected chi connectivity index (χ0v) is 12.4. The van der Waals surface area contributed by atoms with Crippen LogP contribution in [0, 0.1) is 23.7 Å². The average molecular weight is 315 g/mol. The quantitative estimate of drug-likeness (QED) is 0.849. The topological polar surface area (TPSA) is 81.7 Å². The Morgan fingerprint density at radius 3 is 2.78 bits per heavy atom. The molecule has 0 aromatic heterocycles. The van der Waals surface area contributed by atoms with Crippen LogP contribution in [0.25, 0.3) is 0 Å². The summed E-state index contributed by atoms with van der Waals surface area (Å²) in [5.41, 5.74) is 0.649. The number of benzene rings is 1. The fourth-order valence-electron chi connectivity index (χ4n) is 4.28. The molecule has 1 heterocycles. The van der Waals surface area contributed by atoms with E-state index in [1.807, 2.05) is 6.07 Å². The van der Waals surface area contributed by atoms with Gasteiger partial charge in [0.1, 0.15) is 6.10 Å². The van der Waals surface area contributed by atoms with E-state index < -0.39 is 11.9 Å². The molecule has 3 fully saturated rings. The minimum atomic E-state index is -0.456. The smallest absolute Gasteiger partial charge is 0.310 e. The molecule has 0 radical (unpaired) electrons. The van der Waals surface area contributed by atoms with Gasteiger partial charge in [0.25, 0.3) is 5.91 Å². The summed E-state index contributed by atoms with van der Waals surface area (Å²) in [5, 5.41) is 2.66. The summed E-state index contributed by atoms with van der Waals surface area (Å²) in [4.78, 5) is 36.0. The number of fused-ring (bicyclic) bond motifs is 1. The van der Waals surface area contributed by atoms with E-state index >= 15 is 0 Å². The first-order valence-corrected chi connectivity index (χ1v) is 7.85. The van der Waals surface area contributed by atoms with Gasteiger partial charge in [0.15, 0.2) is 6.61 Å². The van der Waals surface area contributed by atoms with Crippen molar-refractivity contribution in [3.8, 4) is 0 Å². The molecule has 120 valence electrons. The Labute approximate surface area is 133 Å². The highest BCUT2D eigenvalue weighted by Gasteiger charge is 2.64. The zero-order chi connectivity index (χ0) is 16.0. The van der Waals surface area contributed by atoms with Crippen molar-refractivity contribution in [3.05, 3.63) is 30.3 Å². The van der Waals surface area contributed by atoms with Crippen molar-refractivity contribution in [2.24, 2.45) is 23.7 Å². The minimum Gasteiger partial charge on any atom is -0.462 e. The molecule has 1 amide bonds. The molecule has 6 heteroatoms. The summed E-state index contributed by atoms with van der Waals surface area (Å²) < 4.78 is 10.5. The average Bonchev–Trinajstić information content (AvgIpc) is 3.15. The Balaban J connectivity index is 1.34. The molecule has 23 heavy (non-hydrogen) atoms. The van der Waals surface area contributed by atoms with Crippen LogP contribution in [0.15, 0.2) is 30.3 Å². The fraction of sp³-hybridized carbons (Fsp3) is 0.471. The van der Waals surface area contributed by atoms with Crippen molar-refractivity contribution in [2.75, 3.05) is 11.9 Å². The van der Waals surface area contributed by atoms with E-state index in [9.17, 15) is 14.4 Å². The Bertz CT molecular complexity index is 656. The van der Waals surface area contributed by atoms with Gasteiger partial charge in [0.05, 0.1) is 11.8 Å². The van der Waals surface area contributed by atoms with Crippen LogP contribution in [0.3, 0.4) is 0 Å². The van der Waals surface area contributed by atoms with Crippen molar-refractivity contribution in [2.45, 2.75) is 18.9 Å². The number of carbonyl (C=O) groups is 3. The van der Waals surface area contributed by atoms with Gasteiger partial charge in [-0.05, 0) is 30.9 Å². The standard InChI is InChI=1S/C17H17NO5/c19-13(18-10-4-2-1-3-5-10)8-22-16(20)14-9-6-11-12(7-9)23-17(21)15(11)14/h1-5,9,11-12,14-15H,6-8H2,(H,18,19)/t9-,11-,12-,14-,15+/m1/s1. The van der Waals surface area contributed by atoms with Gasteiger partial charge in [-0.2, -0.15) is 0 Å². The van der Waals surface area contributed by atoms with Crippen LogP contribution < -0.4 is 5.32 Å². The molecule has 1 aromatic carbocycles. The second kappa shape index (κ2) is 5.37. The molecule has 1 N–H and O–H groups in total. The van der Waals surface area contributed by atoms with Crippen LogP contribution in [0.2, 0.25) is 0 Å².